The summed E-state index contributed by atoms with van der Waals surface area (Å²) in [5, 5.41) is 9.89. The smallest absolute Gasteiger partial charge is 0.260 e. The van der Waals surface area contributed by atoms with Crippen LogP contribution in [-0.2, 0) is 0 Å². The van der Waals surface area contributed by atoms with Gasteiger partial charge in [-0.3, -0.25) is 4.79 Å². The van der Waals surface area contributed by atoms with Crippen LogP contribution in [0.15, 0.2) is 12.1 Å². The number of halogens is 2. The first kappa shape index (κ1) is 17.1. The molecule has 1 saturated carbocycles. The number of aliphatic hydroxyl groups is 1. The summed E-state index contributed by atoms with van der Waals surface area (Å²) in [6, 6.07) is 2.21. The molecule has 0 spiro atoms. The van der Waals surface area contributed by atoms with Crippen molar-refractivity contribution in [3.05, 3.63) is 29.3 Å². The number of piperidine rings is 1. The van der Waals surface area contributed by atoms with Crippen molar-refractivity contribution in [3.63, 3.8) is 0 Å². The molecule has 1 heterocycles. The summed E-state index contributed by atoms with van der Waals surface area (Å²) in [5.41, 5.74) is -0.691. The van der Waals surface area contributed by atoms with Gasteiger partial charge in [-0.15, -0.1) is 0 Å². The van der Waals surface area contributed by atoms with E-state index in [4.69, 9.17) is 4.74 Å². The van der Waals surface area contributed by atoms with Gasteiger partial charge >= 0.3 is 0 Å². The molecule has 1 atom stereocenters. The monoisotopic (exact) mass is 339 g/mol. The Morgan fingerprint density at radius 2 is 2.17 bits per heavy atom. The van der Waals surface area contributed by atoms with Crippen molar-refractivity contribution in [2.75, 3.05) is 26.8 Å². The van der Waals surface area contributed by atoms with Crippen LogP contribution in [0.4, 0.5) is 8.78 Å². The molecule has 24 heavy (non-hydrogen) atoms. The number of hydrogen-bond donors (Lipinski definition) is 1. The Morgan fingerprint density at radius 3 is 2.79 bits per heavy atom. The maximum Gasteiger partial charge on any atom is 0.260 e. The summed E-state index contributed by atoms with van der Waals surface area (Å²) in [4.78, 5) is 14.3. The van der Waals surface area contributed by atoms with E-state index in [1.807, 2.05) is 0 Å². The Morgan fingerprint density at radius 1 is 1.42 bits per heavy atom. The van der Waals surface area contributed by atoms with Gasteiger partial charge in [-0.1, -0.05) is 12.8 Å². The van der Waals surface area contributed by atoms with E-state index in [0.717, 1.165) is 25.3 Å². The molecule has 3 rings (SSSR count). The lowest BCUT2D eigenvalue weighted by Gasteiger charge is -2.42. The van der Waals surface area contributed by atoms with E-state index in [-0.39, 0.29) is 23.3 Å². The Kier molecular flexibility index (Phi) is 4.76. The lowest BCUT2D eigenvalue weighted by atomic mass is 9.76. The van der Waals surface area contributed by atoms with Crippen LogP contribution in [0.3, 0.4) is 0 Å². The summed E-state index contributed by atoms with van der Waals surface area (Å²) in [5.74, 6) is -2.17. The third-order valence-corrected chi connectivity index (χ3v) is 5.19. The number of benzene rings is 1. The third-order valence-electron chi connectivity index (χ3n) is 5.19. The van der Waals surface area contributed by atoms with E-state index in [1.54, 1.807) is 0 Å². The normalized spacial score (nSPS) is 24.1. The quantitative estimate of drug-likeness (QED) is 0.897. The van der Waals surface area contributed by atoms with Gasteiger partial charge < -0.3 is 14.7 Å². The standard InChI is InChI=1S/C18H23F2NO3/c1-24-14-6-5-13(19)16(20)15(14)17(23)21-8-2-7-18(10-21,11-22)9-12-3-4-12/h5-6,12,22H,2-4,7-11H2,1H3/t18-/m0/s1. The molecule has 1 saturated heterocycles. The van der Waals surface area contributed by atoms with Crippen molar-refractivity contribution in [1.29, 1.82) is 0 Å². The highest BCUT2D eigenvalue weighted by Crippen LogP contribution is 2.44. The van der Waals surface area contributed by atoms with Crippen LogP contribution in [-0.4, -0.2) is 42.7 Å². The predicted octanol–water partition coefficient (Wildman–Crippen LogP) is 2.99. The first-order valence-electron chi connectivity index (χ1n) is 8.42. The Balaban J connectivity index is 1.85. The Bertz CT molecular complexity index is 633. The van der Waals surface area contributed by atoms with Gasteiger partial charge in [-0.05, 0) is 37.3 Å². The number of carbonyl (C=O) groups excluding carboxylic acids is 1. The van der Waals surface area contributed by atoms with Crippen molar-refractivity contribution in [2.45, 2.75) is 32.1 Å². The lowest BCUT2D eigenvalue weighted by Crippen LogP contribution is -2.48. The molecule has 1 N–H and O–H groups in total. The molecule has 0 bridgehead atoms. The third kappa shape index (κ3) is 3.24. The average Bonchev–Trinajstić information content (AvgIpc) is 3.40. The first-order valence-corrected chi connectivity index (χ1v) is 8.42. The number of methoxy groups -OCH3 is 1. The van der Waals surface area contributed by atoms with E-state index < -0.39 is 17.5 Å². The zero-order chi connectivity index (χ0) is 17.3. The van der Waals surface area contributed by atoms with Gasteiger partial charge in [0, 0.05) is 18.5 Å². The second kappa shape index (κ2) is 6.67. The molecule has 1 aromatic rings. The first-order chi connectivity index (χ1) is 11.5. The largest absolute Gasteiger partial charge is 0.496 e. The summed E-state index contributed by atoms with van der Waals surface area (Å²) >= 11 is 0. The maximum atomic E-state index is 14.2. The van der Waals surface area contributed by atoms with Crippen molar-refractivity contribution in [1.82, 2.24) is 4.90 Å². The minimum absolute atomic E-state index is 0.00997. The molecule has 1 aliphatic heterocycles. The van der Waals surface area contributed by atoms with Crippen LogP contribution in [0.2, 0.25) is 0 Å². The molecule has 1 aliphatic carbocycles. The van der Waals surface area contributed by atoms with Gasteiger partial charge in [-0.25, -0.2) is 8.78 Å². The average molecular weight is 339 g/mol. The second-order valence-corrected chi connectivity index (χ2v) is 7.07. The number of rotatable bonds is 5. The second-order valence-electron chi connectivity index (χ2n) is 7.07. The van der Waals surface area contributed by atoms with Gasteiger partial charge in [0.1, 0.15) is 11.3 Å². The molecule has 2 aliphatic rings. The molecule has 0 radical (unpaired) electrons. The van der Waals surface area contributed by atoms with Gasteiger partial charge in [0.15, 0.2) is 11.6 Å². The van der Waals surface area contributed by atoms with Crippen molar-refractivity contribution >= 4 is 5.91 Å². The fourth-order valence-corrected chi connectivity index (χ4v) is 3.74. The minimum atomic E-state index is -1.18. The number of hydrogen-bond acceptors (Lipinski definition) is 3. The Labute approximate surface area is 140 Å². The molecule has 4 nitrogen and oxygen atoms in total. The molecular formula is C18H23F2NO3. The van der Waals surface area contributed by atoms with E-state index in [1.165, 1.54) is 30.9 Å². The molecule has 1 aromatic carbocycles. The summed E-state index contributed by atoms with van der Waals surface area (Å²) in [7, 11) is 1.32. The van der Waals surface area contributed by atoms with Crippen LogP contribution in [0.1, 0.15) is 42.5 Å². The molecule has 0 aromatic heterocycles. The molecule has 2 fully saturated rings. The van der Waals surface area contributed by atoms with E-state index in [9.17, 15) is 18.7 Å². The minimum Gasteiger partial charge on any atom is -0.496 e. The molecule has 6 heteroatoms. The van der Waals surface area contributed by atoms with E-state index in [0.29, 0.717) is 19.0 Å². The van der Waals surface area contributed by atoms with E-state index in [2.05, 4.69) is 0 Å². The maximum absolute atomic E-state index is 14.2. The Hall–Kier alpha value is -1.69. The van der Waals surface area contributed by atoms with Gasteiger partial charge in [0.2, 0.25) is 0 Å². The van der Waals surface area contributed by atoms with Crippen LogP contribution in [0.5, 0.6) is 5.75 Å². The number of amides is 1. The number of carbonyl (C=O) groups is 1. The molecular weight excluding hydrogens is 316 g/mol. The predicted molar refractivity (Wildman–Crippen MR) is 84.9 cm³/mol. The van der Waals surface area contributed by atoms with Crippen LogP contribution in [0, 0.1) is 23.0 Å². The van der Waals surface area contributed by atoms with E-state index >= 15 is 0 Å². The van der Waals surface area contributed by atoms with Crippen molar-refractivity contribution in [3.8, 4) is 5.75 Å². The van der Waals surface area contributed by atoms with Crippen LogP contribution in [0.25, 0.3) is 0 Å². The zero-order valence-corrected chi connectivity index (χ0v) is 13.9. The summed E-state index contributed by atoms with van der Waals surface area (Å²) in [6.45, 7) is 0.859. The summed E-state index contributed by atoms with van der Waals surface area (Å²) in [6.07, 6.45) is 4.82. The fourth-order valence-electron chi connectivity index (χ4n) is 3.74. The van der Waals surface area contributed by atoms with Gasteiger partial charge in [-0.2, -0.15) is 0 Å². The highest BCUT2D eigenvalue weighted by Gasteiger charge is 2.41. The SMILES string of the molecule is COc1ccc(F)c(F)c1C(=O)N1CCC[C@](CO)(CC2CC2)C1. The lowest BCUT2D eigenvalue weighted by molar-refractivity contribution is 0.0191. The number of ether oxygens (including phenoxy) is 1. The van der Waals surface area contributed by atoms with Gasteiger partial charge in [0.25, 0.3) is 5.91 Å². The fraction of sp³-hybridized carbons (Fsp3) is 0.611. The topological polar surface area (TPSA) is 49.8 Å². The van der Waals surface area contributed by atoms with Crippen molar-refractivity contribution < 1.29 is 23.4 Å². The molecule has 132 valence electrons. The molecule has 0 unspecified atom stereocenters. The van der Waals surface area contributed by atoms with Crippen LogP contribution >= 0.6 is 0 Å². The summed E-state index contributed by atoms with van der Waals surface area (Å²) < 4.78 is 32.8. The number of likely N-dealkylation sites (tertiary alicyclic amines) is 1. The molecule has 1 amide bonds. The zero-order valence-electron chi connectivity index (χ0n) is 13.9. The number of aliphatic hydroxyl groups excluding tert-OH is 1. The van der Waals surface area contributed by atoms with Crippen LogP contribution < -0.4 is 4.74 Å². The van der Waals surface area contributed by atoms with Crippen molar-refractivity contribution in [2.24, 2.45) is 11.3 Å². The number of nitrogens with zero attached hydrogens (tertiary/aromatic N) is 1. The van der Waals surface area contributed by atoms with Gasteiger partial charge in [0.05, 0.1) is 13.7 Å². The highest BCUT2D eigenvalue weighted by atomic mass is 19.2. The highest BCUT2D eigenvalue weighted by molar-refractivity contribution is 5.97.